The zero-order valence-electron chi connectivity index (χ0n) is 12.5. The normalized spacial score (nSPS) is 23.8. The summed E-state index contributed by atoms with van der Waals surface area (Å²) in [5.41, 5.74) is 1.00. The highest BCUT2D eigenvalue weighted by Gasteiger charge is 2.40. The van der Waals surface area contributed by atoms with Crippen LogP contribution in [0.25, 0.3) is 0 Å². The lowest BCUT2D eigenvalue weighted by Crippen LogP contribution is -2.41. The van der Waals surface area contributed by atoms with E-state index in [1.165, 1.54) is 5.56 Å². The molecule has 1 N–H and O–H groups in total. The van der Waals surface area contributed by atoms with E-state index in [0.29, 0.717) is 0 Å². The number of nitrogens with one attached hydrogen (secondary N) is 1. The lowest BCUT2D eigenvalue weighted by Gasteiger charge is -2.35. The molecule has 0 aromatic heterocycles. The van der Waals surface area contributed by atoms with E-state index in [4.69, 9.17) is 9.47 Å². The fraction of sp³-hybridized carbons (Fsp3) is 0.625. The summed E-state index contributed by atoms with van der Waals surface area (Å²) in [5, 5.41) is 3.64. The fourth-order valence-corrected chi connectivity index (χ4v) is 3.28. The molecule has 0 amide bonds. The smallest absolute Gasteiger partial charge is 0.123 e. The van der Waals surface area contributed by atoms with E-state index in [1.54, 1.807) is 7.11 Å². The minimum absolute atomic E-state index is 0.150. The van der Waals surface area contributed by atoms with Crippen LogP contribution in [0.3, 0.4) is 0 Å². The first-order valence-electron chi connectivity index (χ1n) is 7.31. The predicted octanol–water partition coefficient (Wildman–Crippen LogP) is 4.07. The summed E-state index contributed by atoms with van der Waals surface area (Å²) in [6.07, 6.45) is 3.30. The van der Waals surface area contributed by atoms with Gasteiger partial charge in [-0.2, -0.15) is 0 Å². The highest BCUT2D eigenvalue weighted by Crippen LogP contribution is 2.41. The van der Waals surface area contributed by atoms with Gasteiger partial charge in [0, 0.05) is 16.6 Å². The molecule has 1 heterocycles. The van der Waals surface area contributed by atoms with Crippen molar-refractivity contribution in [1.82, 2.24) is 5.32 Å². The topological polar surface area (TPSA) is 30.5 Å². The maximum absolute atomic E-state index is 6.06. The molecule has 2 unspecified atom stereocenters. The van der Waals surface area contributed by atoms with Crippen molar-refractivity contribution >= 4 is 15.9 Å². The highest BCUT2D eigenvalue weighted by atomic mass is 79.9. The average Bonchev–Trinajstić information content (AvgIpc) is 2.87. The van der Waals surface area contributed by atoms with Crippen LogP contribution < -0.4 is 10.1 Å². The van der Waals surface area contributed by atoms with Crippen LogP contribution in [0.1, 0.15) is 44.7 Å². The molecule has 1 saturated heterocycles. The van der Waals surface area contributed by atoms with Crippen molar-refractivity contribution in [2.24, 2.45) is 0 Å². The van der Waals surface area contributed by atoms with Crippen LogP contribution >= 0.6 is 15.9 Å². The Hall–Kier alpha value is -0.580. The number of benzene rings is 1. The summed E-state index contributed by atoms with van der Waals surface area (Å²) in [6, 6.07) is 6.31. The van der Waals surface area contributed by atoms with E-state index < -0.39 is 0 Å². The van der Waals surface area contributed by atoms with Gasteiger partial charge in [0.2, 0.25) is 0 Å². The van der Waals surface area contributed by atoms with Crippen LogP contribution in [-0.4, -0.2) is 25.9 Å². The second-order valence-electron chi connectivity index (χ2n) is 5.54. The molecule has 4 heteroatoms. The molecule has 1 fully saturated rings. The van der Waals surface area contributed by atoms with E-state index in [9.17, 15) is 0 Å². The van der Waals surface area contributed by atoms with Gasteiger partial charge in [0.05, 0.1) is 18.8 Å². The van der Waals surface area contributed by atoms with Crippen LogP contribution in [0.15, 0.2) is 22.7 Å². The first kappa shape index (κ1) is 15.8. The second kappa shape index (κ2) is 6.92. The number of hydrogen-bond acceptors (Lipinski definition) is 3. The molecule has 2 rings (SSSR count). The number of halogens is 1. The summed E-state index contributed by atoms with van der Waals surface area (Å²) in [5.74, 6) is 0.915. The average molecular weight is 342 g/mol. The Bertz CT molecular complexity index is 444. The van der Waals surface area contributed by atoms with Gasteiger partial charge in [-0.05, 0) is 50.9 Å². The molecule has 2 atom stereocenters. The largest absolute Gasteiger partial charge is 0.496 e. The van der Waals surface area contributed by atoms with Crippen molar-refractivity contribution < 1.29 is 9.47 Å². The summed E-state index contributed by atoms with van der Waals surface area (Å²) < 4.78 is 12.7. The zero-order chi connectivity index (χ0) is 14.6. The van der Waals surface area contributed by atoms with E-state index in [-0.39, 0.29) is 11.6 Å². The van der Waals surface area contributed by atoms with Crippen molar-refractivity contribution in [2.75, 3.05) is 20.3 Å². The van der Waals surface area contributed by atoms with E-state index in [2.05, 4.69) is 41.2 Å². The van der Waals surface area contributed by atoms with Gasteiger partial charge in [0.15, 0.2) is 0 Å². The first-order valence-corrected chi connectivity index (χ1v) is 8.11. The Balaban J connectivity index is 2.37. The lowest BCUT2D eigenvalue weighted by atomic mass is 9.87. The minimum Gasteiger partial charge on any atom is -0.496 e. The van der Waals surface area contributed by atoms with Crippen molar-refractivity contribution in [3.8, 4) is 5.75 Å². The Kier molecular flexibility index (Phi) is 5.47. The van der Waals surface area contributed by atoms with Crippen LogP contribution in [-0.2, 0) is 4.74 Å². The molecule has 0 saturated carbocycles. The molecule has 3 nitrogen and oxygen atoms in total. The van der Waals surface area contributed by atoms with E-state index >= 15 is 0 Å². The molecule has 1 aliphatic heterocycles. The summed E-state index contributed by atoms with van der Waals surface area (Å²) >= 11 is 3.56. The van der Waals surface area contributed by atoms with Gasteiger partial charge in [0.25, 0.3) is 0 Å². The van der Waals surface area contributed by atoms with Crippen LogP contribution in [0, 0.1) is 0 Å². The maximum Gasteiger partial charge on any atom is 0.123 e. The SMILES string of the molecule is CCCNC(c1cc(Br)ccc1OC)C1(C)CCCO1. The second-order valence-corrected chi connectivity index (χ2v) is 6.45. The van der Waals surface area contributed by atoms with Gasteiger partial charge in [-0.3, -0.25) is 0 Å². The molecule has 0 radical (unpaired) electrons. The highest BCUT2D eigenvalue weighted by molar-refractivity contribution is 9.10. The summed E-state index contributed by atoms with van der Waals surface area (Å²) in [7, 11) is 1.72. The van der Waals surface area contributed by atoms with Gasteiger partial charge in [-0.15, -0.1) is 0 Å². The molecule has 0 spiro atoms. The lowest BCUT2D eigenvalue weighted by molar-refractivity contribution is -0.0130. The minimum atomic E-state index is -0.163. The van der Waals surface area contributed by atoms with Crippen LogP contribution in [0.5, 0.6) is 5.75 Å². The Labute approximate surface area is 130 Å². The van der Waals surface area contributed by atoms with Crippen LogP contribution in [0.4, 0.5) is 0 Å². The number of rotatable bonds is 6. The molecular formula is C16H24BrNO2. The molecular weight excluding hydrogens is 318 g/mol. The molecule has 1 aliphatic rings. The molecule has 1 aromatic carbocycles. The van der Waals surface area contributed by atoms with Crippen molar-refractivity contribution in [1.29, 1.82) is 0 Å². The number of ether oxygens (including phenoxy) is 2. The van der Waals surface area contributed by atoms with Crippen LogP contribution in [0.2, 0.25) is 0 Å². The summed E-state index contributed by atoms with van der Waals surface area (Å²) in [4.78, 5) is 0. The van der Waals surface area contributed by atoms with Gasteiger partial charge < -0.3 is 14.8 Å². The Morgan fingerprint density at radius 3 is 2.90 bits per heavy atom. The van der Waals surface area contributed by atoms with Crippen molar-refractivity contribution in [3.63, 3.8) is 0 Å². The number of hydrogen-bond donors (Lipinski definition) is 1. The molecule has 20 heavy (non-hydrogen) atoms. The quantitative estimate of drug-likeness (QED) is 0.845. The van der Waals surface area contributed by atoms with E-state index in [1.807, 2.05) is 12.1 Å². The third-order valence-corrected chi connectivity index (χ3v) is 4.45. The van der Waals surface area contributed by atoms with Gasteiger partial charge >= 0.3 is 0 Å². The monoisotopic (exact) mass is 341 g/mol. The number of methoxy groups -OCH3 is 1. The summed E-state index contributed by atoms with van der Waals surface area (Å²) in [6.45, 7) is 6.20. The molecule has 0 aliphatic carbocycles. The van der Waals surface area contributed by atoms with Gasteiger partial charge in [-0.25, -0.2) is 0 Å². The third kappa shape index (κ3) is 3.35. The van der Waals surface area contributed by atoms with Gasteiger partial charge in [0.1, 0.15) is 5.75 Å². The Morgan fingerprint density at radius 1 is 1.50 bits per heavy atom. The Morgan fingerprint density at radius 2 is 2.30 bits per heavy atom. The van der Waals surface area contributed by atoms with Crippen molar-refractivity contribution in [2.45, 2.75) is 44.8 Å². The van der Waals surface area contributed by atoms with Gasteiger partial charge in [-0.1, -0.05) is 22.9 Å². The molecule has 0 bridgehead atoms. The zero-order valence-corrected chi connectivity index (χ0v) is 14.1. The molecule has 112 valence electrons. The molecule has 1 aromatic rings. The van der Waals surface area contributed by atoms with E-state index in [0.717, 1.165) is 42.6 Å². The fourth-order valence-electron chi connectivity index (χ4n) is 2.90. The first-order chi connectivity index (χ1) is 9.60. The maximum atomic E-state index is 6.06. The van der Waals surface area contributed by atoms with Crippen molar-refractivity contribution in [3.05, 3.63) is 28.2 Å². The third-order valence-electron chi connectivity index (χ3n) is 3.96. The predicted molar refractivity (Wildman–Crippen MR) is 85.3 cm³/mol. The standard InChI is InChI=1S/C16H24BrNO2/c1-4-9-18-15(16(2)8-5-10-20-16)13-11-12(17)6-7-14(13)19-3/h6-7,11,15,18H,4-5,8-10H2,1-3H3.